The molecule has 1 amide bonds. The molecule has 0 saturated heterocycles. The van der Waals surface area contributed by atoms with Crippen LogP contribution in [0.5, 0.6) is 0 Å². The van der Waals surface area contributed by atoms with Crippen molar-refractivity contribution in [3.8, 4) is 0 Å². The van der Waals surface area contributed by atoms with Gasteiger partial charge in [-0.25, -0.2) is 9.59 Å². The highest BCUT2D eigenvalue weighted by Crippen LogP contribution is 2.21. The van der Waals surface area contributed by atoms with Gasteiger partial charge in [0.2, 0.25) is 0 Å². The molecule has 0 aromatic rings. The predicted molar refractivity (Wildman–Crippen MR) is 134 cm³/mol. The van der Waals surface area contributed by atoms with Crippen molar-refractivity contribution in [3.63, 3.8) is 0 Å². The number of rotatable bonds is 20. The van der Waals surface area contributed by atoms with E-state index in [1.807, 2.05) is 20.8 Å². The Kier molecular flexibility index (Phi) is 19.6. The molecule has 0 saturated carbocycles. The molecule has 0 rings (SSSR count). The van der Waals surface area contributed by atoms with Gasteiger partial charge in [-0.05, 0) is 18.8 Å². The summed E-state index contributed by atoms with van der Waals surface area (Å²) >= 11 is 0. The smallest absolute Gasteiger partial charge is 0.407 e. The lowest BCUT2D eigenvalue weighted by molar-refractivity contribution is -0.149. The third kappa shape index (κ3) is 18.3. The highest BCUT2D eigenvalue weighted by molar-refractivity contribution is 5.82. The van der Waals surface area contributed by atoms with Gasteiger partial charge in [0.05, 0.1) is 13.2 Å². The van der Waals surface area contributed by atoms with Crippen LogP contribution in [0.4, 0.5) is 4.79 Å². The van der Waals surface area contributed by atoms with Crippen LogP contribution in [0, 0.1) is 5.41 Å². The molecule has 0 bridgehead atoms. The van der Waals surface area contributed by atoms with Gasteiger partial charge >= 0.3 is 12.1 Å². The first-order chi connectivity index (χ1) is 15.3. The van der Waals surface area contributed by atoms with E-state index in [1.54, 1.807) is 6.92 Å². The van der Waals surface area contributed by atoms with Crippen LogP contribution in [0.3, 0.4) is 0 Å². The lowest BCUT2D eigenvalue weighted by Crippen LogP contribution is -2.50. The number of alkyl carbamates (subject to hydrolysis) is 1. The van der Waals surface area contributed by atoms with Gasteiger partial charge in [-0.15, -0.1) is 0 Å². The van der Waals surface area contributed by atoms with E-state index in [-0.39, 0.29) is 12.6 Å². The van der Waals surface area contributed by atoms with Crippen LogP contribution in [0.15, 0.2) is 0 Å². The Morgan fingerprint density at radius 3 is 1.44 bits per heavy atom. The van der Waals surface area contributed by atoms with Crippen LogP contribution in [0.1, 0.15) is 137 Å². The van der Waals surface area contributed by atoms with Crippen LogP contribution in [0.25, 0.3) is 0 Å². The molecule has 5 heteroatoms. The van der Waals surface area contributed by atoms with E-state index in [0.717, 1.165) is 12.8 Å². The molecule has 0 aromatic heterocycles. The Morgan fingerprint density at radius 1 is 0.656 bits per heavy atom. The molecule has 0 aliphatic rings. The Morgan fingerprint density at radius 2 is 1.06 bits per heavy atom. The zero-order valence-corrected chi connectivity index (χ0v) is 21.9. The van der Waals surface area contributed by atoms with Gasteiger partial charge in [0, 0.05) is 0 Å². The number of esters is 1. The molecule has 0 fully saturated rings. The summed E-state index contributed by atoms with van der Waals surface area (Å²) < 4.78 is 10.3. The summed E-state index contributed by atoms with van der Waals surface area (Å²) in [7, 11) is 0. The molecule has 0 aliphatic carbocycles. The van der Waals surface area contributed by atoms with Gasteiger partial charge in [0.15, 0.2) is 0 Å². The molecule has 0 heterocycles. The monoisotopic (exact) mass is 455 g/mol. The van der Waals surface area contributed by atoms with Crippen LogP contribution < -0.4 is 5.32 Å². The summed E-state index contributed by atoms with van der Waals surface area (Å²) in [5.41, 5.74) is -0.432. The highest BCUT2D eigenvalue weighted by Gasteiger charge is 2.34. The van der Waals surface area contributed by atoms with Crippen LogP contribution >= 0.6 is 0 Å². The molecule has 1 N–H and O–H groups in total. The Bertz CT molecular complexity index is 459. The molecule has 0 aromatic carbocycles. The van der Waals surface area contributed by atoms with Crippen LogP contribution in [-0.2, 0) is 14.3 Å². The molecular weight excluding hydrogens is 402 g/mol. The Labute approximate surface area is 198 Å². The van der Waals surface area contributed by atoms with Crippen molar-refractivity contribution >= 4 is 12.1 Å². The number of carbonyl (C=O) groups excluding carboxylic acids is 2. The fourth-order valence-corrected chi connectivity index (χ4v) is 3.83. The average Bonchev–Trinajstić information content (AvgIpc) is 2.73. The summed E-state index contributed by atoms with van der Waals surface area (Å²) in [6.45, 7) is 10.4. The number of unbranched alkanes of at least 4 members (excludes halogenated alkanes) is 15. The minimum atomic E-state index is -0.706. The number of nitrogens with one attached hydrogen (secondary N) is 1. The van der Waals surface area contributed by atoms with Crippen molar-refractivity contribution in [1.29, 1.82) is 0 Å². The first-order valence-electron chi connectivity index (χ1n) is 13.4. The number of carbonyl (C=O) groups is 2. The van der Waals surface area contributed by atoms with Crippen molar-refractivity contribution in [3.05, 3.63) is 0 Å². The first-order valence-corrected chi connectivity index (χ1v) is 13.4. The van der Waals surface area contributed by atoms with Gasteiger partial charge in [-0.2, -0.15) is 0 Å². The third-order valence-corrected chi connectivity index (χ3v) is 5.88. The molecule has 0 aliphatic heterocycles. The molecule has 0 radical (unpaired) electrons. The van der Waals surface area contributed by atoms with Gasteiger partial charge in [0.1, 0.15) is 6.04 Å². The van der Waals surface area contributed by atoms with E-state index >= 15 is 0 Å². The number of ether oxygens (including phenoxy) is 2. The zero-order valence-electron chi connectivity index (χ0n) is 21.9. The fourth-order valence-electron chi connectivity index (χ4n) is 3.83. The Balaban J connectivity index is 3.60. The largest absolute Gasteiger partial charge is 0.464 e. The molecule has 190 valence electrons. The minimum absolute atomic E-state index is 0.275. The normalized spacial score (nSPS) is 12.4. The van der Waals surface area contributed by atoms with E-state index in [1.165, 1.54) is 89.9 Å². The minimum Gasteiger partial charge on any atom is -0.464 e. The van der Waals surface area contributed by atoms with E-state index in [9.17, 15) is 9.59 Å². The quantitative estimate of drug-likeness (QED) is 0.149. The molecule has 1 unspecified atom stereocenters. The molecule has 1 atom stereocenters. The summed E-state index contributed by atoms with van der Waals surface area (Å²) in [6.07, 6.45) is 20.5. The van der Waals surface area contributed by atoms with Gasteiger partial charge < -0.3 is 14.8 Å². The van der Waals surface area contributed by atoms with E-state index in [4.69, 9.17) is 9.47 Å². The maximum Gasteiger partial charge on any atom is 0.407 e. The highest BCUT2D eigenvalue weighted by atomic mass is 16.6. The maximum atomic E-state index is 12.4. The predicted octanol–water partition coefficient (Wildman–Crippen LogP) is 7.95. The Hall–Kier alpha value is -1.26. The van der Waals surface area contributed by atoms with E-state index in [2.05, 4.69) is 12.2 Å². The first kappa shape index (κ1) is 30.7. The molecule has 5 nitrogen and oxygen atoms in total. The summed E-state index contributed by atoms with van der Waals surface area (Å²) in [4.78, 5) is 24.1. The molecular formula is C27H53NO4. The van der Waals surface area contributed by atoms with E-state index < -0.39 is 17.6 Å². The van der Waals surface area contributed by atoms with Crippen LogP contribution in [-0.4, -0.2) is 31.3 Å². The van der Waals surface area contributed by atoms with Gasteiger partial charge in [-0.3, -0.25) is 0 Å². The zero-order chi connectivity index (χ0) is 24.1. The second kappa shape index (κ2) is 20.4. The molecule has 0 spiro atoms. The van der Waals surface area contributed by atoms with Crippen LogP contribution in [0.2, 0.25) is 0 Å². The molecule has 32 heavy (non-hydrogen) atoms. The lowest BCUT2D eigenvalue weighted by atomic mass is 9.87. The summed E-state index contributed by atoms with van der Waals surface area (Å²) in [6, 6.07) is -0.706. The van der Waals surface area contributed by atoms with Crippen molar-refractivity contribution < 1.29 is 19.1 Å². The summed E-state index contributed by atoms with van der Waals surface area (Å²) in [5, 5.41) is 2.63. The maximum absolute atomic E-state index is 12.4. The van der Waals surface area contributed by atoms with Gasteiger partial charge in [-0.1, -0.05) is 124 Å². The second-order valence-corrected chi connectivity index (χ2v) is 10.1. The topological polar surface area (TPSA) is 64.6 Å². The van der Waals surface area contributed by atoms with Crippen molar-refractivity contribution in [1.82, 2.24) is 5.32 Å². The van der Waals surface area contributed by atoms with Gasteiger partial charge in [0.25, 0.3) is 0 Å². The van der Waals surface area contributed by atoms with Crippen molar-refractivity contribution in [2.24, 2.45) is 5.41 Å². The number of hydrogen-bond acceptors (Lipinski definition) is 4. The summed E-state index contributed by atoms with van der Waals surface area (Å²) in [5.74, 6) is -0.383. The third-order valence-electron chi connectivity index (χ3n) is 5.88. The number of hydrogen-bond donors (Lipinski definition) is 1. The average molecular weight is 456 g/mol. The SMILES string of the molecule is CCCCCCCCCCCCCCCCCCOC(=O)C(NC(=O)OCC)C(C)(C)C. The fraction of sp³-hybridized carbons (Fsp3) is 0.926. The lowest BCUT2D eigenvalue weighted by Gasteiger charge is -2.29. The van der Waals surface area contributed by atoms with Crippen molar-refractivity contribution in [2.75, 3.05) is 13.2 Å². The van der Waals surface area contributed by atoms with E-state index in [0.29, 0.717) is 6.61 Å². The standard InChI is InChI=1S/C27H53NO4/c1-6-8-9-10-11-12-13-14-15-16-17-18-19-20-21-22-23-32-25(29)24(27(3,4)5)28-26(30)31-7-2/h24H,6-23H2,1-5H3,(H,28,30). The second-order valence-electron chi connectivity index (χ2n) is 10.1. The van der Waals surface area contributed by atoms with Crippen molar-refractivity contribution in [2.45, 2.75) is 143 Å². The number of amides is 1.